The SMILES string of the molecule is CCOC(=O)C1=C(CN2CC(F)(F)[C@H]3[C@@H]2CON3CC(F)(F)C(C)(C)C(=O)O)NC(c2nccs2)=N[C@H]1c1cccc(F)c1C. The first kappa shape index (κ1) is 32.9. The molecule has 244 valence electrons. The maximum Gasteiger partial charge on any atom is 0.338 e. The van der Waals surface area contributed by atoms with Crippen molar-refractivity contribution in [2.24, 2.45) is 10.4 Å². The molecule has 3 aliphatic rings. The quantitative estimate of drug-likeness (QED) is 0.287. The number of carbonyl (C=O) groups is 2. The van der Waals surface area contributed by atoms with E-state index in [4.69, 9.17) is 9.57 Å². The summed E-state index contributed by atoms with van der Waals surface area (Å²) in [6.45, 7) is 1.84. The number of aromatic nitrogens is 1. The molecule has 0 saturated carbocycles. The topological polar surface area (TPSA) is 117 Å². The molecule has 2 aromatic rings. The average molecular weight is 658 g/mol. The number of nitrogens with zero attached hydrogens (tertiary/aromatic N) is 4. The van der Waals surface area contributed by atoms with Crippen LogP contribution in [0.4, 0.5) is 22.0 Å². The number of carboxylic acid groups (broad SMARTS) is 1. The highest BCUT2D eigenvalue weighted by Gasteiger charge is 2.64. The summed E-state index contributed by atoms with van der Waals surface area (Å²) >= 11 is 1.23. The number of amidine groups is 1. The third kappa shape index (κ3) is 5.95. The Hall–Kier alpha value is -3.47. The van der Waals surface area contributed by atoms with Crippen LogP contribution in [0.1, 0.15) is 42.9 Å². The Morgan fingerprint density at radius 1 is 1.29 bits per heavy atom. The lowest BCUT2D eigenvalue weighted by Crippen LogP contribution is -2.54. The van der Waals surface area contributed by atoms with Gasteiger partial charge < -0.3 is 15.2 Å². The molecule has 0 bridgehead atoms. The van der Waals surface area contributed by atoms with Gasteiger partial charge >= 0.3 is 11.9 Å². The molecule has 0 radical (unpaired) electrons. The first-order valence-electron chi connectivity index (χ1n) is 14.1. The summed E-state index contributed by atoms with van der Waals surface area (Å²) in [5.41, 5.74) is -1.85. The van der Waals surface area contributed by atoms with Crippen LogP contribution in [-0.2, 0) is 19.2 Å². The molecule has 0 aliphatic carbocycles. The number of carboxylic acids is 1. The zero-order valence-corrected chi connectivity index (χ0v) is 25.6. The maximum absolute atomic E-state index is 15.6. The number of hydrogen-bond acceptors (Lipinski definition) is 10. The number of nitrogens with one attached hydrogen (secondary N) is 1. The van der Waals surface area contributed by atoms with E-state index in [-0.39, 0.29) is 42.4 Å². The highest BCUT2D eigenvalue weighted by molar-refractivity contribution is 7.11. The van der Waals surface area contributed by atoms with Crippen molar-refractivity contribution >= 4 is 29.1 Å². The predicted octanol–water partition coefficient (Wildman–Crippen LogP) is 4.18. The van der Waals surface area contributed by atoms with E-state index in [0.717, 1.165) is 13.8 Å². The standard InChI is InChI=1S/C29H32F5N5O5S/c1-5-43-25(40)20-18(36-23(24-35-9-10-45-24)37-21(20)16-7-6-8-17(30)15(16)2)11-38-13-28(31,32)22-19(38)12-44-39(22)14-29(33,34)27(3,4)26(41)42/h6-10,19,21-22H,5,11-14H2,1-4H3,(H,36,37)(H,41,42)/t19-,21-,22+/m0/s1. The van der Waals surface area contributed by atoms with E-state index in [9.17, 15) is 19.1 Å². The minimum Gasteiger partial charge on any atom is -0.481 e. The Bertz CT molecular complexity index is 1530. The van der Waals surface area contributed by atoms with Crippen molar-refractivity contribution in [3.63, 3.8) is 0 Å². The van der Waals surface area contributed by atoms with Gasteiger partial charge in [-0.25, -0.2) is 31.7 Å². The van der Waals surface area contributed by atoms with Crippen molar-refractivity contribution in [2.45, 2.75) is 57.7 Å². The molecule has 45 heavy (non-hydrogen) atoms. The zero-order valence-electron chi connectivity index (χ0n) is 24.8. The van der Waals surface area contributed by atoms with Gasteiger partial charge in [0.25, 0.3) is 11.8 Å². The van der Waals surface area contributed by atoms with Crippen LogP contribution in [0.25, 0.3) is 0 Å². The number of fused-ring (bicyclic) bond motifs is 1. The number of hydrogen-bond donors (Lipinski definition) is 2. The Morgan fingerprint density at radius 2 is 2.02 bits per heavy atom. The molecular weight excluding hydrogens is 625 g/mol. The molecule has 2 saturated heterocycles. The number of alkyl halides is 4. The van der Waals surface area contributed by atoms with Crippen LogP contribution in [0, 0.1) is 18.2 Å². The fourth-order valence-electron chi connectivity index (χ4n) is 5.65. The molecule has 1 aromatic heterocycles. The van der Waals surface area contributed by atoms with Crippen molar-refractivity contribution in [3.8, 4) is 0 Å². The van der Waals surface area contributed by atoms with Crippen LogP contribution in [0.15, 0.2) is 46.0 Å². The van der Waals surface area contributed by atoms with Crippen LogP contribution < -0.4 is 5.32 Å². The molecule has 3 aliphatic heterocycles. The molecule has 0 amide bonds. The van der Waals surface area contributed by atoms with Gasteiger partial charge in [-0.1, -0.05) is 12.1 Å². The number of carbonyl (C=O) groups excluding carboxylic acids is 1. The monoisotopic (exact) mass is 657 g/mol. The number of aliphatic carboxylic acids is 1. The second kappa shape index (κ2) is 12.0. The molecule has 4 heterocycles. The third-order valence-corrected chi connectivity index (χ3v) is 9.21. The number of halogens is 5. The van der Waals surface area contributed by atoms with Gasteiger partial charge in [0, 0.05) is 23.8 Å². The number of hydroxylamine groups is 2. The molecule has 2 fully saturated rings. The van der Waals surface area contributed by atoms with Crippen molar-refractivity contribution < 1.29 is 46.2 Å². The summed E-state index contributed by atoms with van der Waals surface area (Å²) in [4.78, 5) is 40.6. The predicted molar refractivity (Wildman–Crippen MR) is 152 cm³/mol. The minimum absolute atomic E-state index is 0.0102. The fraction of sp³-hybridized carbons (Fsp3) is 0.517. The molecule has 5 rings (SSSR count). The van der Waals surface area contributed by atoms with Crippen LogP contribution in [0.2, 0.25) is 0 Å². The molecule has 16 heteroatoms. The summed E-state index contributed by atoms with van der Waals surface area (Å²) in [5, 5.41) is 15.0. The normalized spacial score (nSPS) is 23.9. The largest absolute Gasteiger partial charge is 0.481 e. The lowest BCUT2D eigenvalue weighted by Gasteiger charge is -2.35. The molecule has 0 spiro atoms. The van der Waals surface area contributed by atoms with Gasteiger partial charge in [0.05, 0.1) is 37.9 Å². The highest BCUT2D eigenvalue weighted by Crippen LogP contribution is 2.45. The molecule has 1 aromatic carbocycles. The molecule has 10 nitrogen and oxygen atoms in total. The van der Waals surface area contributed by atoms with Gasteiger partial charge in [0.1, 0.15) is 23.3 Å². The Morgan fingerprint density at radius 3 is 2.67 bits per heavy atom. The van der Waals surface area contributed by atoms with E-state index in [1.807, 2.05) is 0 Å². The van der Waals surface area contributed by atoms with Crippen molar-refractivity contribution in [1.82, 2.24) is 20.3 Å². The van der Waals surface area contributed by atoms with Crippen molar-refractivity contribution in [2.75, 3.05) is 32.8 Å². The number of benzene rings is 1. The van der Waals surface area contributed by atoms with Gasteiger partial charge in [-0.15, -0.1) is 11.3 Å². The minimum atomic E-state index is -3.92. The number of aliphatic imine (C=N–C) groups is 1. The zero-order chi connectivity index (χ0) is 32.9. The van der Waals surface area contributed by atoms with E-state index in [2.05, 4.69) is 15.3 Å². The number of ether oxygens (including phenoxy) is 1. The Labute approximate surface area is 259 Å². The van der Waals surface area contributed by atoms with Crippen LogP contribution in [0.3, 0.4) is 0 Å². The second-order valence-corrected chi connectivity index (χ2v) is 12.5. The van der Waals surface area contributed by atoms with Crippen molar-refractivity contribution in [3.05, 3.63) is 63.0 Å². The van der Waals surface area contributed by atoms with Crippen LogP contribution in [-0.4, -0.2) is 94.6 Å². The number of rotatable bonds is 10. The van der Waals surface area contributed by atoms with Gasteiger partial charge in [0.15, 0.2) is 10.8 Å². The summed E-state index contributed by atoms with van der Waals surface area (Å²) < 4.78 is 81.3. The molecule has 3 atom stereocenters. The molecular formula is C29H32F5N5O5S. The summed E-state index contributed by atoms with van der Waals surface area (Å²) in [6, 6.07) is 0.338. The first-order chi connectivity index (χ1) is 21.1. The van der Waals surface area contributed by atoms with Gasteiger partial charge in [-0.05, 0) is 44.9 Å². The van der Waals surface area contributed by atoms with E-state index >= 15 is 17.6 Å². The van der Waals surface area contributed by atoms with Gasteiger partial charge in [-0.3, -0.25) is 19.5 Å². The van der Waals surface area contributed by atoms with E-state index < -0.39 is 66.2 Å². The first-order valence-corrected chi connectivity index (χ1v) is 15.0. The fourth-order valence-corrected chi connectivity index (χ4v) is 6.24. The van der Waals surface area contributed by atoms with Crippen molar-refractivity contribution in [1.29, 1.82) is 0 Å². The van der Waals surface area contributed by atoms with Gasteiger partial charge in [-0.2, -0.15) is 5.06 Å². The number of thiazole rings is 1. The lowest BCUT2D eigenvalue weighted by atomic mass is 9.85. The number of esters is 1. The molecule has 2 N–H and O–H groups in total. The Kier molecular flexibility index (Phi) is 8.80. The summed E-state index contributed by atoms with van der Waals surface area (Å²) in [7, 11) is 0. The van der Waals surface area contributed by atoms with E-state index in [1.54, 1.807) is 18.4 Å². The second-order valence-electron chi connectivity index (χ2n) is 11.6. The van der Waals surface area contributed by atoms with E-state index in [1.165, 1.54) is 41.5 Å². The smallest absolute Gasteiger partial charge is 0.338 e. The van der Waals surface area contributed by atoms with Crippen LogP contribution in [0.5, 0.6) is 0 Å². The van der Waals surface area contributed by atoms with Gasteiger partial charge in [0.2, 0.25) is 0 Å². The highest BCUT2D eigenvalue weighted by atomic mass is 32.1. The summed E-state index contributed by atoms with van der Waals surface area (Å²) in [6.07, 6.45) is 1.54. The maximum atomic E-state index is 15.6. The van der Waals surface area contributed by atoms with E-state index in [0.29, 0.717) is 15.6 Å². The summed E-state index contributed by atoms with van der Waals surface area (Å²) in [5.74, 6) is -10.4. The average Bonchev–Trinajstić information content (AvgIpc) is 3.69. The lowest BCUT2D eigenvalue weighted by molar-refractivity contribution is -0.235. The molecule has 0 unspecified atom stereocenters. The number of likely N-dealkylation sites (tertiary alicyclic amines) is 1. The Balaban J connectivity index is 1.52. The van der Waals surface area contributed by atoms with Crippen LogP contribution >= 0.6 is 11.3 Å². The third-order valence-electron chi connectivity index (χ3n) is 8.43.